The van der Waals surface area contributed by atoms with Crippen LogP contribution in [0.5, 0.6) is 17.2 Å². The van der Waals surface area contributed by atoms with Crippen molar-refractivity contribution in [2.45, 2.75) is 0 Å². The molecule has 0 spiro atoms. The molecule has 2 amide bonds. The number of hydrogen-bond donors (Lipinski definition) is 2. The maximum absolute atomic E-state index is 12.4. The van der Waals surface area contributed by atoms with Gasteiger partial charge < -0.3 is 24.8 Å². The number of methoxy groups -OCH3 is 1. The summed E-state index contributed by atoms with van der Waals surface area (Å²) in [6, 6.07) is 9.03. The zero-order valence-corrected chi connectivity index (χ0v) is 15.6. The third-order valence-electron chi connectivity index (χ3n) is 4.15. The molecule has 0 saturated carbocycles. The van der Waals surface area contributed by atoms with Gasteiger partial charge in [0.2, 0.25) is 0 Å². The number of fused-ring (bicyclic) bond motifs is 1. The van der Waals surface area contributed by atoms with Crippen LogP contribution in [-0.2, 0) is 0 Å². The topological polar surface area (TPSA) is 129 Å². The van der Waals surface area contributed by atoms with Crippen molar-refractivity contribution >= 4 is 17.5 Å². The van der Waals surface area contributed by atoms with Gasteiger partial charge in [0.15, 0.2) is 11.5 Å². The van der Waals surface area contributed by atoms with Crippen LogP contribution in [0, 0.1) is 10.1 Å². The highest BCUT2D eigenvalue weighted by atomic mass is 16.6. The minimum absolute atomic E-state index is 0.0896. The van der Waals surface area contributed by atoms with E-state index >= 15 is 0 Å². The van der Waals surface area contributed by atoms with E-state index in [1.54, 1.807) is 24.3 Å². The number of nitro groups is 1. The zero-order valence-electron chi connectivity index (χ0n) is 15.6. The number of benzene rings is 2. The Balaban J connectivity index is 1.57. The average Bonchev–Trinajstić information content (AvgIpc) is 2.75. The van der Waals surface area contributed by atoms with Gasteiger partial charge in [0.05, 0.1) is 18.1 Å². The summed E-state index contributed by atoms with van der Waals surface area (Å²) in [5.41, 5.74) is -0.0747. The molecule has 10 heteroatoms. The number of rotatable bonds is 7. The summed E-state index contributed by atoms with van der Waals surface area (Å²) in [5.74, 6) is 0.181. The van der Waals surface area contributed by atoms with E-state index in [9.17, 15) is 19.7 Å². The summed E-state index contributed by atoms with van der Waals surface area (Å²) in [6.07, 6.45) is 0. The van der Waals surface area contributed by atoms with Crippen LogP contribution in [0.15, 0.2) is 36.4 Å². The number of hydrogen-bond acceptors (Lipinski definition) is 7. The molecule has 152 valence electrons. The fourth-order valence-corrected chi connectivity index (χ4v) is 2.70. The Bertz CT molecular complexity index is 928. The van der Waals surface area contributed by atoms with Crippen molar-refractivity contribution in [2.75, 3.05) is 33.4 Å². The van der Waals surface area contributed by atoms with Gasteiger partial charge in [-0.3, -0.25) is 19.7 Å². The van der Waals surface area contributed by atoms with Crippen LogP contribution in [-0.4, -0.2) is 50.2 Å². The van der Waals surface area contributed by atoms with E-state index < -0.39 is 10.8 Å². The van der Waals surface area contributed by atoms with Gasteiger partial charge in [0.25, 0.3) is 17.5 Å². The van der Waals surface area contributed by atoms with Crippen LogP contribution in [0.2, 0.25) is 0 Å². The van der Waals surface area contributed by atoms with Crippen molar-refractivity contribution in [3.63, 3.8) is 0 Å². The molecule has 1 aliphatic heterocycles. The lowest BCUT2D eigenvalue weighted by atomic mass is 10.1. The summed E-state index contributed by atoms with van der Waals surface area (Å²) in [6.45, 7) is 0.814. The minimum atomic E-state index is -0.654. The van der Waals surface area contributed by atoms with E-state index in [0.29, 0.717) is 17.9 Å². The molecule has 1 heterocycles. The highest BCUT2D eigenvalue weighted by Gasteiger charge is 2.26. The zero-order chi connectivity index (χ0) is 20.8. The number of amides is 2. The molecular formula is C19H19N3O7. The monoisotopic (exact) mass is 401 g/mol. The number of carbonyl (C=O) groups excluding carboxylic acids is 2. The van der Waals surface area contributed by atoms with Gasteiger partial charge >= 0.3 is 0 Å². The van der Waals surface area contributed by atoms with Gasteiger partial charge in [0.1, 0.15) is 24.5 Å². The lowest BCUT2D eigenvalue weighted by Crippen LogP contribution is -2.35. The van der Waals surface area contributed by atoms with Crippen molar-refractivity contribution in [3.8, 4) is 17.2 Å². The predicted molar refractivity (Wildman–Crippen MR) is 102 cm³/mol. The Kier molecular flexibility index (Phi) is 6.12. The molecule has 29 heavy (non-hydrogen) atoms. The van der Waals surface area contributed by atoms with Crippen molar-refractivity contribution in [2.24, 2.45) is 0 Å². The van der Waals surface area contributed by atoms with Crippen LogP contribution in [0.25, 0.3) is 0 Å². The minimum Gasteiger partial charge on any atom is -0.497 e. The fourth-order valence-electron chi connectivity index (χ4n) is 2.70. The van der Waals surface area contributed by atoms with Crippen molar-refractivity contribution in [1.29, 1.82) is 0 Å². The molecule has 3 rings (SSSR count). The number of nitrogens with one attached hydrogen (secondary N) is 2. The molecule has 2 aromatic carbocycles. The summed E-state index contributed by atoms with van der Waals surface area (Å²) < 4.78 is 15.7. The summed E-state index contributed by atoms with van der Waals surface area (Å²) in [4.78, 5) is 35.1. The first kappa shape index (κ1) is 19.9. The summed E-state index contributed by atoms with van der Waals surface area (Å²) in [5, 5.41) is 16.5. The standard InChI is InChI=1S/C19H19N3O7/c1-27-13-4-2-12(3-5-13)18(23)20-6-7-21-19(24)14-10-16-17(29-9-8-28-16)11-15(14)22(25)26/h2-5,10-11H,6-9H2,1H3,(H,20,23)(H,21,24). The molecule has 0 aromatic heterocycles. The van der Waals surface area contributed by atoms with E-state index in [1.807, 2.05) is 0 Å². The average molecular weight is 401 g/mol. The van der Waals surface area contributed by atoms with Gasteiger partial charge in [-0.05, 0) is 24.3 Å². The highest BCUT2D eigenvalue weighted by Crippen LogP contribution is 2.36. The van der Waals surface area contributed by atoms with E-state index in [1.165, 1.54) is 19.2 Å². The summed E-state index contributed by atoms with van der Waals surface area (Å²) in [7, 11) is 1.53. The molecule has 2 N–H and O–H groups in total. The first-order chi connectivity index (χ1) is 14.0. The molecule has 1 aliphatic rings. The fraction of sp³-hybridized carbons (Fsp3) is 0.263. The molecule has 0 saturated heterocycles. The second-order valence-electron chi connectivity index (χ2n) is 6.01. The SMILES string of the molecule is COc1ccc(C(=O)NCCNC(=O)c2cc3c(cc2[N+](=O)[O-])OCCO3)cc1. The van der Waals surface area contributed by atoms with Crippen LogP contribution in [0.3, 0.4) is 0 Å². The van der Waals surface area contributed by atoms with Crippen molar-refractivity contribution in [3.05, 3.63) is 57.6 Å². The normalized spacial score (nSPS) is 12.0. The van der Waals surface area contributed by atoms with E-state index in [-0.39, 0.29) is 48.4 Å². The van der Waals surface area contributed by atoms with Crippen LogP contribution >= 0.6 is 0 Å². The van der Waals surface area contributed by atoms with Gasteiger partial charge in [-0.15, -0.1) is 0 Å². The Morgan fingerprint density at radius 2 is 1.62 bits per heavy atom. The second kappa shape index (κ2) is 8.91. The Labute approximate surface area is 165 Å². The number of carbonyl (C=O) groups is 2. The third kappa shape index (κ3) is 4.72. The van der Waals surface area contributed by atoms with Gasteiger partial charge in [-0.25, -0.2) is 0 Å². The highest BCUT2D eigenvalue weighted by molar-refractivity contribution is 5.99. The first-order valence-corrected chi connectivity index (χ1v) is 8.78. The quantitative estimate of drug-likeness (QED) is 0.409. The Morgan fingerprint density at radius 3 is 2.21 bits per heavy atom. The van der Waals surface area contributed by atoms with E-state index in [4.69, 9.17) is 14.2 Å². The van der Waals surface area contributed by atoms with E-state index in [2.05, 4.69) is 10.6 Å². The van der Waals surface area contributed by atoms with Gasteiger partial charge in [-0.2, -0.15) is 0 Å². The van der Waals surface area contributed by atoms with Gasteiger partial charge in [-0.1, -0.05) is 0 Å². The van der Waals surface area contributed by atoms with Crippen LogP contribution in [0.4, 0.5) is 5.69 Å². The number of nitrogens with zero attached hydrogens (tertiary/aromatic N) is 1. The van der Waals surface area contributed by atoms with Crippen molar-refractivity contribution in [1.82, 2.24) is 10.6 Å². The molecular weight excluding hydrogens is 382 g/mol. The Hall–Kier alpha value is -3.82. The molecule has 0 fully saturated rings. The van der Waals surface area contributed by atoms with Crippen LogP contribution < -0.4 is 24.8 Å². The Morgan fingerprint density at radius 1 is 1.03 bits per heavy atom. The first-order valence-electron chi connectivity index (χ1n) is 8.78. The second-order valence-corrected chi connectivity index (χ2v) is 6.01. The smallest absolute Gasteiger partial charge is 0.286 e. The number of ether oxygens (including phenoxy) is 3. The maximum Gasteiger partial charge on any atom is 0.286 e. The summed E-state index contributed by atoms with van der Waals surface area (Å²) >= 11 is 0. The lowest BCUT2D eigenvalue weighted by molar-refractivity contribution is -0.385. The van der Waals surface area contributed by atoms with Crippen molar-refractivity contribution < 1.29 is 28.7 Å². The molecule has 0 bridgehead atoms. The molecule has 0 atom stereocenters. The largest absolute Gasteiger partial charge is 0.497 e. The molecule has 0 aliphatic carbocycles. The van der Waals surface area contributed by atoms with Crippen LogP contribution in [0.1, 0.15) is 20.7 Å². The maximum atomic E-state index is 12.4. The van der Waals surface area contributed by atoms with E-state index in [0.717, 1.165) is 0 Å². The number of nitro benzene ring substituents is 1. The lowest BCUT2D eigenvalue weighted by Gasteiger charge is -2.18. The third-order valence-corrected chi connectivity index (χ3v) is 4.15. The molecule has 0 radical (unpaired) electrons. The van der Waals surface area contributed by atoms with Gasteiger partial charge in [0, 0.05) is 24.7 Å². The molecule has 2 aromatic rings. The molecule has 0 unspecified atom stereocenters. The molecule has 10 nitrogen and oxygen atoms in total. The predicted octanol–water partition coefficient (Wildman–Crippen LogP) is 1.53.